The first-order valence-electron chi connectivity index (χ1n) is 7.03. The summed E-state index contributed by atoms with van der Waals surface area (Å²) in [4.78, 5) is 2.41. The third-order valence-corrected chi connectivity index (χ3v) is 6.30. The van der Waals surface area contributed by atoms with Crippen molar-refractivity contribution >= 4 is 26.0 Å². The van der Waals surface area contributed by atoms with E-state index in [1.165, 1.54) is 12.5 Å². The van der Waals surface area contributed by atoms with Crippen molar-refractivity contribution in [1.29, 1.82) is 0 Å². The van der Waals surface area contributed by atoms with Gasteiger partial charge in [-0.3, -0.25) is 0 Å². The van der Waals surface area contributed by atoms with E-state index in [9.17, 15) is 8.42 Å². The number of likely N-dealkylation sites (N-methyl/N-ethyl adjacent to an activating group) is 1. The Labute approximate surface area is 134 Å². The number of hydrogen-bond donors (Lipinski definition) is 2. The molecule has 1 atom stereocenters. The molecule has 1 aliphatic heterocycles. The molecule has 21 heavy (non-hydrogen) atoms. The first-order valence-corrected chi connectivity index (χ1v) is 9.31. The zero-order chi connectivity index (χ0) is 15.5. The van der Waals surface area contributed by atoms with Crippen LogP contribution >= 0.6 is 15.9 Å². The molecule has 2 N–H and O–H groups in total. The van der Waals surface area contributed by atoms with E-state index < -0.39 is 10.0 Å². The van der Waals surface area contributed by atoms with E-state index in [4.69, 9.17) is 5.11 Å². The highest BCUT2D eigenvalue weighted by Gasteiger charge is 2.23. The van der Waals surface area contributed by atoms with Gasteiger partial charge in [-0.05, 0) is 60.1 Å². The van der Waals surface area contributed by atoms with Crippen LogP contribution in [0.25, 0.3) is 0 Å². The molecule has 7 heteroatoms. The largest absolute Gasteiger partial charge is 0.392 e. The minimum absolute atomic E-state index is 0.112. The molecular weight excluding hydrogens is 356 g/mol. The second kappa shape index (κ2) is 7.19. The summed E-state index contributed by atoms with van der Waals surface area (Å²) in [6.07, 6.45) is 3.34. The zero-order valence-electron chi connectivity index (χ0n) is 12.0. The Morgan fingerprint density at radius 3 is 2.81 bits per heavy atom. The maximum absolute atomic E-state index is 12.4. The number of halogens is 1. The highest BCUT2D eigenvalue weighted by molar-refractivity contribution is 9.10. The molecule has 118 valence electrons. The van der Waals surface area contributed by atoms with E-state index in [0.29, 0.717) is 16.6 Å². The third kappa shape index (κ3) is 4.26. The lowest BCUT2D eigenvalue weighted by molar-refractivity contribution is 0.187. The van der Waals surface area contributed by atoms with E-state index in [0.717, 1.165) is 19.4 Å². The Morgan fingerprint density at radius 2 is 2.19 bits per heavy atom. The molecule has 1 heterocycles. The molecule has 1 fully saturated rings. The van der Waals surface area contributed by atoms with Crippen molar-refractivity contribution in [2.75, 3.05) is 20.1 Å². The number of nitrogens with one attached hydrogen (secondary N) is 1. The Kier molecular flexibility index (Phi) is 5.79. The van der Waals surface area contributed by atoms with Gasteiger partial charge < -0.3 is 10.0 Å². The van der Waals surface area contributed by atoms with Crippen LogP contribution in [-0.4, -0.2) is 44.6 Å². The van der Waals surface area contributed by atoms with Gasteiger partial charge in [-0.25, -0.2) is 13.1 Å². The molecule has 2 rings (SSSR count). The smallest absolute Gasteiger partial charge is 0.241 e. The van der Waals surface area contributed by atoms with Gasteiger partial charge in [0.15, 0.2) is 0 Å². The van der Waals surface area contributed by atoms with Gasteiger partial charge in [0.05, 0.1) is 11.5 Å². The first kappa shape index (κ1) is 16.9. The van der Waals surface area contributed by atoms with E-state index in [1.54, 1.807) is 12.1 Å². The quantitative estimate of drug-likeness (QED) is 0.820. The Bertz CT molecular complexity index is 592. The topological polar surface area (TPSA) is 69.6 Å². The van der Waals surface area contributed by atoms with Gasteiger partial charge in [0.2, 0.25) is 10.0 Å². The molecule has 1 aliphatic rings. The maximum Gasteiger partial charge on any atom is 0.241 e. The van der Waals surface area contributed by atoms with Crippen LogP contribution in [0.2, 0.25) is 0 Å². The zero-order valence-corrected chi connectivity index (χ0v) is 14.5. The van der Waals surface area contributed by atoms with E-state index >= 15 is 0 Å². The molecule has 1 unspecified atom stereocenters. The fraction of sp³-hybridized carbons (Fsp3) is 0.571. The predicted octanol–water partition coefficient (Wildman–Crippen LogP) is 1.70. The van der Waals surface area contributed by atoms with Crippen molar-refractivity contribution in [1.82, 2.24) is 9.62 Å². The van der Waals surface area contributed by atoms with Crippen LogP contribution in [-0.2, 0) is 16.6 Å². The lowest BCUT2D eigenvalue weighted by atomic mass is 10.0. The van der Waals surface area contributed by atoms with Crippen LogP contribution in [0.5, 0.6) is 0 Å². The van der Waals surface area contributed by atoms with Gasteiger partial charge in [0.1, 0.15) is 0 Å². The van der Waals surface area contributed by atoms with Crippen LogP contribution in [0.15, 0.2) is 27.6 Å². The molecule has 0 aliphatic carbocycles. The number of benzene rings is 1. The van der Waals surface area contributed by atoms with Crippen LogP contribution in [0.3, 0.4) is 0 Å². The SMILES string of the molecule is CN1CCCCC1CNS(=O)(=O)c1ccc(CO)cc1Br. The van der Waals surface area contributed by atoms with Gasteiger partial charge >= 0.3 is 0 Å². The molecule has 0 spiro atoms. The average Bonchev–Trinajstić information content (AvgIpc) is 2.46. The standard InChI is InChI=1S/C14H21BrN2O3S/c1-17-7-3-2-4-12(17)9-16-21(19,20)14-6-5-11(10-18)8-13(14)15/h5-6,8,12,16,18H,2-4,7,9-10H2,1H3. The van der Waals surface area contributed by atoms with Crippen molar-refractivity contribution in [3.8, 4) is 0 Å². The van der Waals surface area contributed by atoms with Crippen molar-refractivity contribution in [3.05, 3.63) is 28.2 Å². The molecule has 5 nitrogen and oxygen atoms in total. The van der Waals surface area contributed by atoms with Crippen molar-refractivity contribution in [2.24, 2.45) is 0 Å². The number of likely N-dealkylation sites (tertiary alicyclic amines) is 1. The molecule has 0 amide bonds. The normalized spacial score (nSPS) is 20.6. The first-order chi connectivity index (χ1) is 9.94. The minimum Gasteiger partial charge on any atom is -0.392 e. The predicted molar refractivity (Wildman–Crippen MR) is 85.5 cm³/mol. The maximum atomic E-state index is 12.4. The molecule has 0 radical (unpaired) electrons. The van der Waals surface area contributed by atoms with Crippen molar-refractivity contribution in [2.45, 2.75) is 36.8 Å². The summed E-state index contributed by atoms with van der Waals surface area (Å²) in [7, 11) is -1.51. The fourth-order valence-corrected chi connectivity index (χ4v) is 4.74. The average molecular weight is 377 g/mol. The lowest BCUT2D eigenvalue weighted by Crippen LogP contribution is -2.44. The monoisotopic (exact) mass is 376 g/mol. The molecule has 1 aromatic carbocycles. The summed E-state index contributed by atoms with van der Waals surface area (Å²) in [5, 5.41) is 9.07. The summed E-state index contributed by atoms with van der Waals surface area (Å²) in [6, 6.07) is 5.01. The highest BCUT2D eigenvalue weighted by Crippen LogP contribution is 2.23. The van der Waals surface area contributed by atoms with E-state index in [1.807, 2.05) is 7.05 Å². The highest BCUT2D eigenvalue weighted by atomic mass is 79.9. The van der Waals surface area contributed by atoms with Gasteiger partial charge in [-0.1, -0.05) is 12.5 Å². The Morgan fingerprint density at radius 1 is 1.43 bits per heavy atom. The van der Waals surface area contributed by atoms with Gasteiger partial charge in [-0.2, -0.15) is 0 Å². The number of aliphatic hydroxyl groups excluding tert-OH is 1. The molecule has 1 aromatic rings. The summed E-state index contributed by atoms with van der Waals surface area (Å²) in [5.74, 6) is 0. The summed E-state index contributed by atoms with van der Waals surface area (Å²) < 4.78 is 27.9. The van der Waals surface area contributed by atoms with Crippen LogP contribution in [0, 0.1) is 0 Å². The number of rotatable bonds is 5. The number of nitrogens with zero attached hydrogens (tertiary/aromatic N) is 1. The number of sulfonamides is 1. The van der Waals surface area contributed by atoms with Gasteiger partial charge in [-0.15, -0.1) is 0 Å². The van der Waals surface area contributed by atoms with E-state index in [2.05, 4.69) is 25.6 Å². The van der Waals surface area contributed by atoms with Gasteiger partial charge in [0, 0.05) is 17.1 Å². The second-order valence-electron chi connectivity index (χ2n) is 5.40. The van der Waals surface area contributed by atoms with E-state index in [-0.39, 0.29) is 17.5 Å². The molecule has 0 aromatic heterocycles. The molecule has 0 bridgehead atoms. The summed E-state index contributed by atoms with van der Waals surface area (Å²) in [5.41, 5.74) is 0.674. The summed E-state index contributed by atoms with van der Waals surface area (Å²) in [6.45, 7) is 1.33. The summed E-state index contributed by atoms with van der Waals surface area (Å²) >= 11 is 3.26. The van der Waals surface area contributed by atoms with Crippen molar-refractivity contribution < 1.29 is 13.5 Å². The molecule has 0 saturated carbocycles. The Balaban J connectivity index is 2.07. The third-order valence-electron chi connectivity index (χ3n) is 3.90. The molecule has 1 saturated heterocycles. The van der Waals surface area contributed by atoms with Gasteiger partial charge in [0.25, 0.3) is 0 Å². The lowest BCUT2D eigenvalue weighted by Gasteiger charge is -2.32. The van der Waals surface area contributed by atoms with Crippen LogP contribution in [0.1, 0.15) is 24.8 Å². The van der Waals surface area contributed by atoms with Crippen LogP contribution in [0.4, 0.5) is 0 Å². The molecular formula is C14H21BrN2O3S. The van der Waals surface area contributed by atoms with Crippen LogP contribution < -0.4 is 4.72 Å². The number of hydrogen-bond acceptors (Lipinski definition) is 4. The minimum atomic E-state index is -3.54. The number of piperidine rings is 1. The van der Waals surface area contributed by atoms with Crippen molar-refractivity contribution in [3.63, 3.8) is 0 Å². The fourth-order valence-electron chi connectivity index (χ4n) is 2.55. The second-order valence-corrected chi connectivity index (χ2v) is 7.99. The number of aliphatic hydroxyl groups is 1. The Hall–Kier alpha value is -0.470.